The summed E-state index contributed by atoms with van der Waals surface area (Å²) in [5.74, 6) is -1.14. The van der Waals surface area contributed by atoms with E-state index >= 15 is 0 Å². The number of alkyl halides is 6. The van der Waals surface area contributed by atoms with Crippen LogP contribution in [0.2, 0.25) is 0 Å². The van der Waals surface area contributed by atoms with Gasteiger partial charge in [-0.2, -0.15) is 26.3 Å². The quantitative estimate of drug-likeness (QED) is 0.773. The summed E-state index contributed by atoms with van der Waals surface area (Å²) in [5, 5.41) is 9.40. The molecular formula is C15H10F6O2. The predicted molar refractivity (Wildman–Crippen MR) is 70.1 cm³/mol. The lowest BCUT2D eigenvalue weighted by atomic mass is 9.99. The van der Waals surface area contributed by atoms with E-state index in [-0.39, 0.29) is 11.1 Å². The van der Waals surface area contributed by atoms with Crippen LogP contribution >= 0.6 is 0 Å². The minimum Gasteiger partial charge on any atom is -0.508 e. The van der Waals surface area contributed by atoms with Crippen molar-refractivity contribution < 1.29 is 36.2 Å². The number of hydrogen-bond acceptors (Lipinski definition) is 2. The molecule has 0 aliphatic carbocycles. The summed E-state index contributed by atoms with van der Waals surface area (Å²) in [4.78, 5) is 0. The molecule has 2 nitrogen and oxygen atoms in total. The molecule has 8 heteroatoms. The minimum absolute atomic E-state index is 0.125. The van der Waals surface area contributed by atoms with Gasteiger partial charge in [0.25, 0.3) is 0 Å². The molecule has 2 rings (SSSR count). The lowest BCUT2D eigenvalue weighted by Gasteiger charge is -2.15. The van der Waals surface area contributed by atoms with Crippen LogP contribution in [0.1, 0.15) is 11.1 Å². The molecule has 2 aromatic carbocycles. The third-order valence-corrected chi connectivity index (χ3v) is 3.08. The summed E-state index contributed by atoms with van der Waals surface area (Å²) in [6.45, 7) is 0. The summed E-state index contributed by atoms with van der Waals surface area (Å²) in [5.41, 5.74) is -2.59. The third kappa shape index (κ3) is 3.69. The minimum atomic E-state index is -4.73. The van der Waals surface area contributed by atoms with E-state index in [9.17, 15) is 31.4 Å². The van der Waals surface area contributed by atoms with Crippen LogP contribution in [0.25, 0.3) is 11.1 Å². The molecule has 2 aromatic rings. The number of hydrogen-bond donors (Lipinski definition) is 1. The van der Waals surface area contributed by atoms with Gasteiger partial charge in [0.05, 0.1) is 18.2 Å². The molecule has 0 aromatic heterocycles. The summed E-state index contributed by atoms with van der Waals surface area (Å²) in [7, 11) is 1.06. The first-order valence-corrected chi connectivity index (χ1v) is 6.19. The van der Waals surface area contributed by atoms with E-state index in [0.717, 1.165) is 19.2 Å². The number of phenols is 1. The van der Waals surface area contributed by atoms with Crippen molar-refractivity contribution in [3.8, 4) is 22.6 Å². The number of aromatic hydroxyl groups is 1. The molecular weight excluding hydrogens is 326 g/mol. The Balaban J connectivity index is 2.61. The Hall–Kier alpha value is -2.38. The lowest BCUT2D eigenvalue weighted by molar-refractivity contribution is -0.139. The van der Waals surface area contributed by atoms with Crippen LogP contribution in [0.4, 0.5) is 26.3 Å². The van der Waals surface area contributed by atoms with Gasteiger partial charge < -0.3 is 9.84 Å². The molecule has 0 spiro atoms. The Bertz CT molecular complexity index is 719. The van der Waals surface area contributed by atoms with Crippen molar-refractivity contribution in [2.45, 2.75) is 12.4 Å². The molecule has 0 heterocycles. The average molecular weight is 336 g/mol. The van der Waals surface area contributed by atoms with Crippen molar-refractivity contribution in [2.24, 2.45) is 0 Å². The van der Waals surface area contributed by atoms with E-state index in [0.29, 0.717) is 18.2 Å². The molecule has 1 N–H and O–H groups in total. The number of methoxy groups -OCH3 is 1. The Morgan fingerprint density at radius 2 is 1.48 bits per heavy atom. The smallest absolute Gasteiger partial charge is 0.419 e. The first kappa shape index (κ1) is 17.0. The highest BCUT2D eigenvalue weighted by Gasteiger charge is 2.35. The Labute approximate surface area is 126 Å². The van der Waals surface area contributed by atoms with Crippen molar-refractivity contribution >= 4 is 0 Å². The van der Waals surface area contributed by atoms with Crippen molar-refractivity contribution in [1.29, 1.82) is 0 Å². The highest BCUT2D eigenvalue weighted by molar-refractivity contribution is 5.68. The monoisotopic (exact) mass is 336 g/mol. The standard InChI is InChI=1S/C15H10F6O2/c1-23-13-3-2-8(6-12(13)15(19,20)21)9-4-10(14(16,17)18)7-11(22)5-9/h2-7,22H,1H3. The molecule has 0 amide bonds. The van der Waals surface area contributed by atoms with Gasteiger partial charge >= 0.3 is 12.4 Å². The van der Waals surface area contributed by atoms with Crippen LogP contribution in [0, 0.1) is 0 Å². The van der Waals surface area contributed by atoms with Gasteiger partial charge in [-0.3, -0.25) is 0 Å². The molecule has 0 unspecified atom stereocenters. The number of rotatable bonds is 2. The maximum Gasteiger partial charge on any atom is 0.419 e. The predicted octanol–water partition coefficient (Wildman–Crippen LogP) is 5.11. The summed E-state index contributed by atoms with van der Waals surface area (Å²) in [6, 6.07) is 4.99. The van der Waals surface area contributed by atoms with E-state index < -0.39 is 35.0 Å². The van der Waals surface area contributed by atoms with Gasteiger partial charge in [0.15, 0.2) is 0 Å². The second-order valence-corrected chi connectivity index (χ2v) is 4.68. The summed E-state index contributed by atoms with van der Waals surface area (Å²) in [6.07, 6.45) is -9.46. The highest BCUT2D eigenvalue weighted by Crippen LogP contribution is 2.40. The van der Waals surface area contributed by atoms with E-state index in [2.05, 4.69) is 4.74 Å². The second-order valence-electron chi connectivity index (χ2n) is 4.68. The van der Waals surface area contributed by atoms with Crippen LogP contribution in [0.15, 0.2) is 36.4 Å². The molecule has 0 aliphatic heterocycles. The largest absolute Gasteiger partial charge is 0.508 e. The van der Waals surface area contributed by atoms with E-state index in [4.69, 9.17) is 0 Å². The molecule has 0 atom stereocenters. The molecule has 23 heavy (non-hydrogen) atoms. The first-order chi connectivity index (χ1) is 10.5. The van der Waals surface area contributed by atoms with E-state index in [1.54, 1.807) is 0 Å². The number of phenolic OH excluding ortho intramolecular Hbond substituents is 1. The van der Waals surface area contributed by atoms with Gasteiger partial charge in [0, 0.05) is 0 Å². The summed E-state index contributed by atoms with van der Waals surface area (Å²) < 4.78 is 81.7. The normalized spacial score (nSPS) is 12.3. The molecule has 0 saturated heterocycles. The van der Waals surface area contributed by atoms with Crippen LogP contribution < -0.4 is 4.74 Å². The second kappa shape index (κ2) is 5.68. The van der Waals surface area contributed by atoms with Crippen molar-refractivity contribution in [2.75, 3.05) is 7.11 Å². The lowest BCUT2D eigenvalue weighted by Crippen LogP contribution is -2.08. The third-order valence-electron chi connectivity index (χ3n) is 3.08. The number of halogens is 6. The van der Waals surface area contributed by atoms with Crippen LogP contribution in [0.5, 0.6) is 11.5 Å². The van der Waals surface area contributed by atoms with Crippen molar-refractivity contribution in [3.05, 3.63) is 47.5 Å². The molecule has 0 radical (unpaired) electrons. The number of ether oxygens (including phenoxy) is 1. The molecule has 0 fully saturated rings. The Kier molecular flexibility index (Phi) is 4.19. The SMILES string of the molecule is COc1ccc(-c2cc(O)cc(C(F)(F)F)c2)cc1C(F)(F)F. The zero-order chi connectivity index (χ0) is 17.4. The van der Waals surface area contributed by atoms with E-state index in [1.807, 2.05) is 0 Å². The van der Waals surface area contributed by atoms with Crippen LogP contribution in [0.3, 0.4) is 0 Å². The number of benzene rings is 2. The highest BCUT2D eigenvalue weighted by atomic mass is 19.4. The Morgan fingerprint density at radius 3 is 2.00 bits per heavy atom. The maximum absolute atomic E-state index is 13.0. The molecule has 0 saturated carbocycles. The average Bonchev–Trinajstić information content (AvgIpc) is 2.44. The van der Waals surface area contributed by atoms with Crippen LogP contribution in [-0.2, 0) is 12.4 Å². The van der Waals surface area contributed by atoms with Gasteiger partial charge in [-0.25, -0.2) is 0 Å². The molecule has 0 bridgehead atoms. The fourth-order valence-electron chi connectivity index (χ4n) is 2.05. The first-order valence-electron chi connectivity index (χ1n) is 6.19. The maximum atomic E-state index is 13.0. The van der Waals surface area contributed by atoms with Crippen molar-refractivity contribution in [3.63, 3.8) is 0 Å². The van der Waals surface area contributed by atoms with Crippen LogP contribution in [-0.4, -0.2) is 12.2 Å². The van der Waals surface area contributed by atoms with Gasteiger partial charge in [-0.05, 0) is 41.5 Å². The van der Waals surface area contributed by atoms with Gasteiger partial charge in [-0.15, -0.1) is 0 Å². The van der Waals surface area contributed by atoms with Gasteiger partial charge in [0.2, 0.25) is 0 Å². The topological polar surface area (TPSA) is 29.5 Å². The Morgan fingerprint density at radius 1 is 0.826 bits per heavy atom. The van der Waals surface area contributed by atoms with Gasteiger partial charge in [0.1, 0.15) is 11.5 Å². The van der Waals surface area contributed by atoms with E-state index in [1.165, 1.54) is 6.07 Å². The zero-order valence-electron chi connectivity index (χ0n) is 11.6. The van der Waals surface area contributed by atoms with Crippen molar-refractivity contribution in [1.82, 2.24) is 0 Å². The summed E-state index contributed by atoms with van der Waals surface area (Å²) >= 11 is 0. The molecule has 124 valence electrons. The zero-order valence-corrected chi connectivity index (χ0v) is 11.6. The molecule has 0 aliphatic rings. The van der Waals surface area contributed by atoms with Gasteiger partial charge in [-0.1, -0.05) is 6.07 Å². The fraction of sp³-hybridized carbons (Fsp3) is 0.200. The fourth-order valence-corrected chi connectivity index (χ4v) is 2.05.